The van der Waals surface area contributed by atoms with Gasteiger partial charge in [0.2, 0.25) is 0 Å². The van der Waals surface area contributed by atoms with Gasteiger partial charge in [0.25, 0.3) is 0 Å². The van der Waals surface area contributed by atoms with E-state index < -0.39 is 0 Å². The van der Waals surface area contributed by atoms with Gasteiger partial charge in [0.1, 0.15) is 11.5 Å². The second-order valence-electron chi connectivity index (χ2n) is 3.64. The third-order valence-electron chi connectivity index (χ3n) is 1.93. The molecule has 1 aliphatic heterocycles. The fourth-order valence-corrected chi connectivity index (χ4v) is 1.28. The van der Waals surface area contributed by atoms with Crippen LogP contribution in [-0.4, -0.2) is 11.5 Å². The van der Waals surface area contributed by atoms with Crippen LogP contribution in [0.15, 0.2) is 35.3 Å². The van der Waals surface area contributed by atoms with Crippen molar-refractivity contribution in [1.29, 1.82) is 0 Å². The molecule has 0 spiro atoms. The van der Waals surface area contributed by atoms with Gasteiger partial charge < -0.3 is 5.43 Å². The summed E-state index contributed by atoms with van der Waals surface area (Å²) in [4.78, 5) is 4.49. The number of hydrogen-bond acceptors (Lipinski definition) is 3. The first-order chi connectivity index (χ1) is 6.17. The van der Waals surface area contributed by atoms with E-state index in [1.807, 2.05) is 44.2 Å². The van der Waals surface area contributed by atoms with E-state index in [9.17, 15) is 0 Å². The molecule has 14 heavy (non-hydrogen) atoms. The highest BCUT2D eigenvalue weighted by molar-refractivity contribution is 14.0. The van der Waals surface area contributed by atoms with Crippen LogP contribution < -0.4 is 10.9 Å². The summed E-state index contributed by atoms with van der Waals surface area (Å²) < 4.78 is 0. The monoisotopic (exact) mass is 303 g/mol. The van der Waals surface area contributed by atoms with Crippen molar-refractivity contribution in [2.75, 3.05) is 0 Å². The number of aliphatic imine (C=N–C) groups is 1. The molecule has 1 aromatic carbocycles. The first-order valence-electron chi connectivity index (χ1n) is 4.36. The van der Waals surface area contributed by atoms with Crippen LogP contribution in [-0.2, 0) is 0 Å². The van der Waals surface area contributed by atoms with Crippen molar-refractivity contribution in [3.63, 3.8) is 0 Å². The Balaban J connectivity index is 0.000000980. The highest BCUT2D eigenvalue weighted by Gasteiger charge is 2.23. The van der Waals surface area contributed by atoms with Gasteiger partial charge in [-0.05, 0) is 13.8 Å². The van der Waals surface area contributed by atoms with Gasteiger partial charge in [-0.15, -0.1) is 24.0 Å². The van der Waals surface area contributed by atoms with Crippen molar-refractivity contribution >= 4 is 29.8 Å². The summed E-state index contributed by atoms with van der Waals surface area (Å²) in [5.41, 5.74) is 7.06. The number of rotatable bonds is 1. The quantitative estimate of drug-likeness (QED) is 0.777. The Morgan fingerprint density at radius 2 is 1.79 bits per heavy atom. The molecule has 0 saturated heterocycles. The second kappa shape index (κ2) is 4.27. The lowest BCUT2D eigenvalue weighted by molar-refractivity contribution is 0.422. The predicted octanol–water partition coefficient (Wildman–Crippen LogP) is 1.90. The molecule has 3 nitrogen and oxygen atoms in total. The average molecular weight is 303 g/mol. The van der Waals surface area contributed by atoms with E-state index in [0.29, 0.717) is 0 Å². The van der Waals surface area contributed by atoms with Gasteiger partial charge in [0, 0.05) is 5.56 Å². The lowest BCUT2D eigenvalue weighted by atomic mass is 10.2. The summed E-state index contributed by atoms with van der Waals surface area (Å²) in [6.07, 6.45) is 0. The normalized spacial score (nSPS) is 18.0. The molecule has 0 unspecified atom stereocenters. The van der Waals surface area contributed by atoms with E-state index in [4.69, 9.17) is 0 Å². The van der Waals surface area contributed by atoms with Gasteiger partial charge in [0.05, 0.1) is 0 Å². The number of hydrogen-bond donors (Lipinski definition) is 2. The lowest BCUT2D eigenvalue weighted by Crippen LogP contribution is -2.41. The van der Waals surface area contributed by atoms with Crippen molar-refractivity contribution in [3.05, 3.63) is 35.9 Å². The number of amidine groups is 1. The van der Waals surface area contributed by atoms with Gasteiger partial charge in [0.15, 0.2) is 0 Å². The lowest BCUT2D eigenvalue weighted by Gasteiger charge is -2.11. The molecular weight excluding hydrogens is 289 g/mol. The van der Waals surface area contributed by atoms with Gasteiger partial charge in [-0.2, -0.15) is 0 Å². The minimum Gasteiger partial charge on any atom is -0.303 e. The van der Waals surface area contributed by atoms with E-state index in [-0.39, 0.29) is 29.6 Å². The maximum absolute atomic E-state index is 4.49. The molecule has 1 aliphatic rings. The van der Waals surface area contributed by atoms with E-state index in [1.165, 1.54) is 0 Å². The van der Waals surface area contributed by atoms with Crippen LogP contribution in [0.4, 0.5) is 0 Å². The zero-order valence-corrected chi connectivity index (χ0v) is 10.6. The molecule has 0 amide bonds. The topological polar surface area (TPSA) is 36.4 Å². The number of hydrazine groups is 1. The van der Waals surface area contributed by atoms with E-state index in [1.54, 1.807) is 0 Å². The molecule has 2 N–H and O–H groups in total. The molecule has 0 fully saturated rings. The molecule has 1 aromatic rings. The van der Waals surface area contributed by atoms with E-state index in [2.05, 4.69) is 15.8 Å². The average Bonchev–Trinajstić information content (AvgIpc) is 2.48. The standard InChI is InChI=1S/C10H13N3.HI/c1-10(2)11-9(12-13-10)8-6-4-3-5-7-8;/h3-7,13H,1-2H3,(H,11,12);1H. The molecule has 4 heteroatoms. The molecule has 2 rings (SSSR count). The van der Waals surface area contributed by atoms with Crippen LogP contribution in [0.2, 0.25) is 0 Å². The Morgan fingerprint density at radius 3 is 2.29 bits per heavy atom. The van der Waals surface area contributed by atoms with Gasteiger partial charge in [-0.25, -0.2) is 10.4 Å². The molecule has 0 atom stereocenters. The summed E-state index contributed by atoms with van der Waals surface area (Å²) in [5, 5.41) is 0. The van der Waals surface area contributed by atoms with Crippen LogP contribution in [0.25, 0.3) is 0 Å². The van der Waals surface area contributed by atoms with Gasteiger partial charge >= 0.3 is 0 Å². The molecule has 0 saturated carbocycles. The fraction of sp³-hybridized carbons (Fsp3) is 0.300. The number of benzene rings is 1. The predicted molar refractivity (Wildman–Crippen MR) is 68.7 cm³/mol. The highest BCUT2D eigenvalue weighted by Crippen LogP contribution is 2.11. The highest BCUT2D eigenvalue weighted by atomic mass is 127. The molecule has 0 bridgehead atoms. The van der Waals surface area contributed by atoms with Crippen LogP contribution in [0, 0.1) is 0 Å². The first-order valence-corrected chi connectivity index (χ1v) is 4.36. The molecule has 76 valence electrons. The maximum atomic E-state index is 4.49. The van der Waals surface area contributed by atoms with Crippen molar-refractivity contribution in [3.8, 4) is 0 Å². The fourth-order valence-electron chi connectivity index (χ4n) is 1.28. The van der Waals surface area contributed by atoms with Crippen LogP contribution in [0.1, 0.15) is 19.4 Å². The summed E-state index contributed by atoms with van der Waals surface area (Å²) >= 11 is 0. The van der Waals surface area contributed by atoms with Crippen LogP contribution in [0.3, 0.4) is 0 Å². The molecule has 0 radical (unpaired) electrons. The third kappa shape index (κ3) is 2.45. The molecule has 1 heterocycles. The van der Waals surface area contributed by atoms with Crippen molar-refractivity contribution in [1.82, 2.24) is 10.9 Å². The van der Waals surface area contributed by atoms with Crippen molar-refractivity contribution in [2.45, 2.75) is 19.5 Å². The van der Waals surface area contributed by atoms with Crippen molar-refractivity contribution in [2.24, 2.45) is 4.99 Å². The summed E-state index contributed by atoms with van der Waals surface area (Å²) in [7, 11) is 0. The zero-order valence-electron chi connectivity index (χ0n) is 8.24. The Bertz CT molecular complexity index is 332. The largest absolute Gasteiger partial charge is 0.303 e. The van der Waals surface area contributed by atoms with Crippen molar-refractivity contribution < 1.29 is 0 Å². The molecular formula is C10H14IN3. The minimum atomic E-state index is -0.203. The van der Waals surface area contributed by atoms with Crippen LogP contribution in [0.5, 0.6) is 0 Å². The van der Waals surface area contributed by atoms with Gasteiger partial charge in [-0.1, -0.05) is 30.3 Å². The Kier molecular flexibility index (Phi) is 3.49. The second-order valence-corrected chi connectivity index (χ2v) is 3.64. The van der Waals surface area contributed by atoms with E-state index in [0.717, 1.165) is 11.4 Å². The molecule has 0 aliphatic carbocycles. The number of halogens is 1. The zero-order chi connectivity index (χ0) is 9.31. The number of nitrogens with one attached hydrogen (secondary N) is 2. The Morgan fingerprint density at radius 1 is 1.14 bits per heavy atom. The third-order valence-corrected chi connectivity index (χ3v) is 1.93. The summed E-state index contributed by atoms with van der Waals surface area (Å²) in [5.74, 6) is 0.908. The Labute approximate surface area is 101 Å². The SMILES string of the molecule is CC1(C)N=C(c2ccccc2)NN1.I. The Hall–Kier alpha value is -0.620. The number of nitrogens with zero attached hydrogens (tertiary/aromatic N) is 1. The molecule has 0 aromatic heterocycles. The first kappa shape index (κ1) is 11.5. The van der Waals surface area contributed by atoms with E-state index >= 15 is 0 Å². The van der Waals surface area contributed by atoms with Crippen LogP contribution >= 0.6 is 24.0 Å². The minimum absolute atomic E-state index is 0. The summed E-state index contributed by atoms with van der Waals surface area (Å²) in [6.45, 7) is 4.05. The smallest absolute Gasteiger partial charge is 0.144 e. The summed E-state index contributed by atoms with van der Waals surface area (Å²) in [6, 6.07) is 10.1. The maximum Gasteiger partial charge on any atom is 0.144 e. The van der Waals surface area contributed by atoms with Gasteiger partial charge in [-0.3, -0.25) is 0 Å².